The molecule has 0 saturated carbocycles. The highest BCUT2D eigenvalue weighted by atomic mass is 32.2. The fourth-order valence-corrected chi connectivity index (χ4v) is 9.85. The Hall–Kier alpha value is -6.17. The Kier molecular flexibility index (Phi) is 7.41. The van der Waals surface area contributed by atoms with E-state index in [2.05, 4.69) is 174 Å². The number of hydrogen-bond acceptors (Lipinski definition) is 4. The summed E-state index contributed by atoms with van der Waals surface area (Å²) in [6.07, 6.45) is 8.49. The molecule has 54 heavy (non-hydrogen) atoms. The summed E-state index contributed by atoms with van der Waals surface area (Å²) >= 11 is 1.98. The monoisotopic (exact) mass is 712 g/mol. The number of nitrogens with one attached hydrogen (secondary N) is 1. The number of rotatable bonds is 5. The molecule has 2 aliphatic rings. The third-order valence-electron chi connectivity index (χ3n) is 11.2. The van der Waals surface area contributed by atoms with E-state index < -0.39 is 0 Å². The van der Waals surface area contributed by atoms with Gasteiger partial charge in [-0.15, -0.1) is 0 Å². The molecule has 0 saturated heterocycles. The first-order valence-corrected chi connectivity index (χ1v) is 19.8. The van der Waals surface area contributed by atoms with Crippen molar-refractivity contribution in [3.8, 4) is 39.6 Å². The molecule has 2 atom stereocenters. The van der Waals surface area contributed by atoms with Crippen molar-refractivity contribution in [1.29, 1.82) is 0 Å². The van der Waals surface area contributed by atoms with Crippen molar-refractivity contribution in [1.82, 2.24) is 14.5 Å². The summed E-state index contributed by atoms with van der Waals surface area (Å²) in [5.74, 6) is 1.27. The standard InChI is InChI=1S/C49H36N4S/c1-4-12-31(13-5-1)41-30-42(35-22-26-40-39-18-10-11-19-43(39)53(44(40)29-35)37-16-8-3-9-17-37)51-48(50-41)36-23-25-38-34(28-36)21-20-32-24-27-45-47(46(32)38)52-49(54-45)33-14-6-2-7-15-33/h1,3-6,8-14,16-30,33,49,52H,2,7,15H2. The van der Waals surface area contributed by atoms with Gasteiger partial charge in [0.2, 0.25) is 0 Å². The molecule has 0 bridgehead atoms. The van der Waals surface area contributed by atoms with Crippen LogP contribution in [-0.2, 0) is 0 Å². The molecular weight excluding hydrogens is 677 g/mol. The third-order valence-corrected chi connectivity index (χ3v) is 12.5. The molecule has 3 heterocycles. The van der Waals surface area contributed by atoms with Gasteiger partial charge in [0.25, 0.3) is 0 Å². The summed E-state index contributed by atoms with van der Waals surface area (Å²) in [6, 6.07) is 54.4. The van der Waals surface area contributed by atoms with Gasteiger partial charge in [-0.2, -0.15) is 0 Å². The number of allylic oxidation sites excluding steroid dienone is 1. The van der Waals surface area contributed by atoms with Crippen LogP contribution in [0.4, 0.5) is 5.69 Å². The Morgan fingerprint density at radius 2 is 1.31 bits per heavy atom. The van der Waals surface area contributed by atoms with Crippen LogP contribution >= 0.6 is 11.8 Å². The van der Waals surface area contributed by atoms with Gasteiger partial charge in [0.05, 0.1) is 33.5 Å². The summed E-state index contributed by atoms with van der Waals surface area (Å²) in [5, 5.41) is 11.8. The van der Waals surface area contributed by atoms with Crippen LogP contribution in [0.2, 0.25) is 0 Å². The molecule has 2 unspecified atom stereocenters. The molecule has 0 spiro atoms. The van der Waals surface area contributed by atoms with Gasteiger partial charge in [-0.25, -0.2) is 9.97 Å². The summed E-state index contributed by atoms with van der Waals surface area (Å²) in [4.78, 5) is 11.9. The minimum atomic E-state index is 0.373. The number of thioether (sulfide) groups is 1. The molecule has 258 valence electrons. The SMILES string of the molecule is C1=CC(C2Nc3c(ccc4ccc5cc(-c6nc(-c7ccccc7)cc(-c7ccc8c9ccccc9n(-c9ccccc9)c8c7)n6)ccc5c34)S2)CCC1. The molecule has 7 aromatic carbocycles. The van der Waals surface area contributed by atoms with E-state index in [1.165, 1.54) is 67.7 Å². The minimum Gasteiger partial charge on any atom is -0.371 e. The van der Waals surface area contributed by atoms with Crippen molar-refractivity contribution in [3.05, 3.63) is 164 Å². The first-order chi connectivity index (χ1) is 26.7. The van der Waals surface area contributed by atoms with Crippen LogP contribution in [0.1, 0.15) is 19.3 Å². The van der Waals surface area contributed by atoms with E-state index in [9.17, 15) is 0 Å². The Morgan fingerprint density at radius 3 is 2.17 bits per heavy atom. The molecule has 5 heteroatoms. The molecule has 9 aromatic rings. The average molecular weight is 713 g/mol. The van der Waals surface area contributed by atoms with Gasteiger partial charge in [0, 0.05) is 49.3 Å². The summed E-state index contributed by atoms with van der Waals surface area (Å²) < 4.78 is 2.36. The fourth-order valence-electron chi connectivity index (χ4n) is 8.58. The number of anilines is 1. The molecule has 0 radical (unpaired) electrons. The van der Waals surface area contributed by atoms with Crippen molar-refractivity contribution >= 4 is 60.8 Å². The van der Waals surface area contributed by atoms with Crippen molar-refractivity contribution in [2.45, 2.75) is 29.5 Å². The van der Waals surface area contributed by atoms with Gasteiger partial charge in [-0.3, -0.25) is 0 Å². The molecule has 0 fully saturated rings. The van der Waals surface area contributed by atoms with Gasteiger partial charge in [-0.1, -0.05) is 133 Å². The number of fused-ring (bicyclic) bond motifs is 8. The van der Waals surface area contributed by atoms with Gasteiger partial charge in [0.15, 0.2) is 5.82 Å². The molecular formula is C49H36N4S. The molecule has 0 amide bonds. The Morgan fingerprint density at radius 1 is 0.593 bits per heavy atom. The minimum absolute atomic E-state index is 0.373. The zero-order chi connectivity index (χ0) is 35.6. The number of aromatic nitrogens is 3. The maximum atomic E-state index is 5.31. The molecule has 11 rings (SSSR count). The normalized spacial score (nSPS) is 16.7. The van der Waals surface area contributed by atoms with Crippen LogP contribution in [-0.4, -0.2) is 19.9 Å². The number of nitrogens with zero attached hydrogens (tertiary/aromatic N) is 3. The highest BCUT2D eigenvalue weighted by molar-refractivity contribution is 8.00. The van der Waals surface area contributed by atoms with Crippen LogP contribution in [0.25, 0.3) is 82.9 Å². The average Bonchev–Trinajstić information content (AvgIpc) is 3.84. The van der Waals surface area contributed by atoms with E-state index in [4.69, 9.17) is 9.97 Å². The Labute approximate surface area is 318 Å². The topological polar surface area (TPSA) is 42.7 Å². The maximum Gasteiger partial charge on any atom is 0.160 e. The second kappa shape index (κ2) is 12.8. The summed E-state index contributed by atoms with van der Waals surface area (Å²) in [5.41, 5.74) is 9.66. The molecule has 2 aromatic heterocycles. The van der Waals surface area contributed by atoms with E-state index >= 15 is 0 Å². The van der Waals surface area contributed by atoms with E-state index in [1.807, 2.05) is 11.8 Å². The third kappa shape index (κ3) is 5.22. The Balaban J connectivity index is 1.06. The van der Waals surface area contributed by atoms with Crippen LogP contribution in [0.15, 0.2) is 169 Å². The van der Waals surface area contributed by atoms with E-state index in [-0.39, 0.29) is 0 Å². The van der Waals surface area contributed by atoms with Crippen LogP contribution in [0, 0.1) is 5.92 Å². The zero-order valence-corrected chi connectivity index (χ0v) is 30.4. The lowest BCUT2D eigenvalue weighted by Gasteiger charge is -2.23. The zero-order valence-electron chi connectivity index (χ0n) is 29.6. The predicted molar refractivity (Wildman–Crippen MR) is 227 cm³/mol. The lowest BCUT2D eigenvalue weighted by molar-refractivity contribution is 0.545. The van der Waals surface area contributed by atoms with Crippen molar-refractivity contribution in [3.63, 3.8) is 0 Å². The van der Waals surface area contributed by atoms with E-state index in [1.54, 1.807) is 0 Å². The predicted octanol–water partition coefficient (Wildman–Crippen LogP) is 13.1. The quantitative estimate of drug-likeness (QED) is 0.142. The molecule has 1 N–H and O–H groups in total. The second-order valence-electron chi connectivity index (χ2n) is 14.5. The molecule has 4 nitrogen and oxygen atoms in total. The second-order valence-corrected chi connectivity index (χ2v) is 15.7. The lowest BCUT2D eigenvalue weighted by Crippen LogP contribution is -2.22. The summed E-state index contributed by atoms with van der Waals surface area (Å²) in [7, 11) is 0. The first-order valence-electron chi connectivity index (χ1n) is 18.9. The van der Waals surface area contributed by atoms with Gasteiger partial charge >= 0.3 is 0 Å². The first kappa shape index (κ1) is 31.4. The van der Waals surface area contributed by atoms with Gasteiger partial charge in [0.1, 0.15) is 0 Å². The largest absolute Gasteiger partial charge is 0.371 e. The maximum absolute atomic E-state index is 5.31. The van der Waals surface area contributed by atoms with Crippen LogP contribution in [0.3, 0.4) is 0 Å². The number of benzene rings is 7. The number of hydrogen-bond donors (Lipinski definition) is 1. The van der Waals surface area contributed by atoms with Crippen molar-refractivity contribution in [2.24, 2.45) is 5.92 Å². The number of para-hydroxylation sites is 2. The van der Waals surface area contributed by atoms with Crippen LogP contribution < -0.4 is 5.32 Å². The Bertz CT molecular complexity index is 2930. The van der Waals surface area contributed by atoms with Crippen LogP contribution in [0.5, 0.6) is 0 Å². The highest BCUT2D eigenvalue weighted by Gasteiger charge is 2.30. The summed E-state index contributed by atoms with van der Waals surface area (Å²) in [6.45, 7) is 0. The van der Waals surface area contributed by atoms with Gasteiger partial charge < -0.3 is 9.88 Å². The fraction of sp³-hybridized carbons (Fsp3) is 0.102. The molecule has 1 aliphatic heterocycles. The smallest absolute Gasteiger partial charge is 0.160 e. The van der Waals surface area contributed by atoms with Crippen molar-refractivity contribution in [2.75, 3.05) is 5.32 Å². The van der Waals surface area contributed by atoms with Gasteiger partial charge in [-0.05, 0) is 77.9 Å². The highest BCUT2D eigenvalue weighted by Crippen LogP contribution is 2.48. The van der Waals surface area contributed by atoms with E-state index in [0.717, 1.165) is 39.3 Å². The van der Waals surface area contributed by atoms with Crippen molar-refractivity contribution < 1.29 is 0 Å². The lowest BCUT2D eigenvalue weighted by atomic mass is 9.95. The molecule has 1 aliphatic carbocycles. The van der Waals surface area contributed by atoms with E-state index in [0.29, 0.717) is 17.1 Å².